The second kappa shape index (κ2) is 13.8. The minimum absolute atomic E-state index is 0.00917. The first kappa shape index (κ1) is 29.1. The second-order valence-corrected chi connectivity index (χ2v) is 10.3. The Labute approximate surface area is 205 Å². The Kier molecular flexibility index (Phi) is 11.5. The molecule has 2 heterocycles. The normalized spacial score (nSPS) is 21.5. The van der Waals surface area contributed by atoms with Crippen LogP contribution in [0.25, 0.3) is 0 Å². The third kappa shape index (κ3) is 9.77. The van der Waals surface area contributed by atoms with Gasteiger partial charge in [0.05, 0.1) is 25.4 Å². The number of hydrogen-bond donors (Lipinski definition) is 1. The highest BCUT2D eigenvalue weighted by Crippen LogP contribution is 2.45. The van der Waals surface area contributed by atoms with Gasteiger partial charge in [0.2, 0.25) is 0 Å². The van der Waals surface area contributed by atoms with Crippen LogP contribution >= 0.6 is 7.82 Å². The number of H-pyrrole nitrogens is 1. The molecule has 1 aromatic heterocycles. The van der Waals surface area contributed by atoms with E-state index in [1.165, 1.54) is 10.8 Å². The number of phosphoric ester groups is 1. The van der Waals surface area contributed by atoms with Gasteiger partial charge in [0.25, 0.3) is 13.4 Å². The average Bonchev–Trinajstić information content (AvgIpc) is 3.16. The van der Waals surface area contributed by atoms with E-state index < -0.39 is 37.5 Å². The summed E-state index contributed by atoms with van der Waals surface area (Å²) in [6, 6.07) is 0. The van der Waals surface area contributed by atoms with Crippen LogP contribution in [0.15, 0.2) is 15.8 Å². The molecule has 1 fully saturated rings. The molecule has 1 aromatic rings. The van der Waals surface area contributed by atoms with Crippen molar-refractivity contribution in [1.29, 1.82) is 0 Å². The number of aromatic nitrogens is 2. The third-order valence-electron chi connectivity index (χ3n) is 4.98. The van der Waals surface area contributed by atoms with Crippen molar-refractivity contribution in [3.8, 4) is 24.2 Å². The minimum atomic E-state index is -4.62. The van der Waals surface area contributed by atoms with E-state index in [2.05, 4.69) is 22.7 Å². The first-order valence-electron chi connectivity index (χ1n) is 11.7. The van der Waals surface area contributed by atoms with Crippen molar-refractivity contribution in [2.45, 2.75) is 84.3 Å². The molecule has 0 bridgehead atoms. The molecule has 0 aliphatic carbocycles. The van der Waals surface area contributed by atoms with Crippen LogP contribution in [0, 0.1) is 30.1 Å². The van der Waals surface area contributed by atoms with Crippen LogP contribution in [-0.4, -0.2) is 41.1 Å². The Morgan fingerprint density at radius 3 is 2.66 bits per heavy atom. The van der Waals surface area contributed by atoms with Gasteiger partial charge in [-0.25, -0.2) is 4.79 Å². The number of phosphoric acid groups is 1. The summed E-state index contributed by atoms with van der Waals surface area (Å²) in [6.07, 6.45) is 6.66. The van der Waals surface area contributed by atoms with Crippen LogP contribution in [0.2, 0.25) is 0 Å². The van der Waals surface area contributed by atoms with Crippen LogP contribution in [0.3, 0.4) is 0 Å². The zero-order chi connectivity index (χ0) is 26.0. The summed E-state index contributed by atoms with van der Waals surface area (Å²) in [5.74, 6) is 8.24. The molecule has 10 nitrogen and oxygen atoms in total. The monoisotopic (exact) mass is 509 g/mol. The maximum atomic E-state index is 12.5. The summed E-state index contributed by atoms with van der Waals surface area (Å²) < 4.78 is 35.3. The Morgan fingerprint density at radius 2 is 2.00 bits per heavy atom. The van der Waals surface area contributed by atoms with Crippen molar-refractivity contribution >= 4 is 7.82 Å². The maximum absolute atomic E-state index is 12.5. The Hall–Kier alpha value is -2.17. The zero-order valence-electron chi connectivity index (χ0n) is 20.7. The number of unbranched alkanes of at least 4 members (excludes halogenated alkanes) is 3. The molecular formula is C24H34N2O8P-. The standard InChI is InChI=1S/C24H35N2O8P/c1-6-7-8-9-10-11-12-19-14-26(24(28)25-23(19)27)22-13-20(21(33-22)16-31-18(4)5)34-35(29,30)32-15-17(2)3/h1,14,17-18,20-22H,7-10,13,15-16H2,2-5H3,(H,29,30)(H,25,27,28)/p-1/t20-,21-,22-/m1/s1. The van der Waals surface area contributed by atoms with Gasteiger partial charge in [0.15, 0.2) is 0 Å². The van der Waals surface area contributed by atoms with Gasteiger partial charge in [-0.05, 0) is 32.6 Å². The predicted molar refractivity (Wildman–Crippen MR) is 128 cm³/mol. The molecule has 194 valence electrons. The van der Waals surface area contributed by atoms with Crippen molar-refractivity contribution in [1.82, 2.24) is 9.55 Å². The van der Waals surface area contributed by atoms with Crippen molar-refractivity contribution < 1.29 is 28.0 Å². The molecule has 11 heteroatoms. The minimum Gasteiger partial charge on any atom is -0.756 e. The van der Waals surface area contributed by atoms with Crippen LogP contribution in [0.1, 0.15) is 71.6 Å². The van der Waals surface area contributed by atoms with Gasteiger partial charge in [-0.2, -0.15) is 0 Å². The van der Waals surface area contributed by atoms with E-state index in [-0.39, 0.29) is 37.2 Å². The molecule has 0 saturated carbocycles. The van der Waals surface area contributed by atoms with E-state index in [9.17, 15) is 19.0 Å². The molecule has 1 N–H and O–H groups in total. The topological polar surface area (TPSA) is 132 Å². The van der Waals surface area contributed by atoms with Crippen LogP contribution in [0.5, 0.6) is 0 Å². The van der Waals surface area contributed by atoms with Gasteiger partial charge in [-0.1, -0.05) is 25.7 Å². The lowest BCUT2D eigenvalue weighted by Gasteiger charge is -2.29. The Bertz CT molecular complexity index is 1090. The maximum Gasteiger partial charge on any atom is 0.330 e. The van der Waals surface area contributed by atoms with Gasteiger partial charge in [0.1, 0.15) is 17.9 Å². The van der Waals surface area contributed by atoms with Gasteiger partial charge in [-0.15, -0.1) is 12.3 Å². The second-order valence-electron chi connectivity index (χ2n) is 8.95. The number of ether oxygens (including phenoxy) is 2. The number of nitrogens with one attached hydrogen (secondary N) is 1. The molecule has 2 rings (SSSR count). The molecule has 1 saturated heterocycles. The summed E-state index contributed by atoms with van der Waals surface area (Å²) >= 11 is 0. The molecule has 0 radical (unpaired) electrons. The van der Waals surface area contributed by atoms with Gasteiger partial charge >= 0.3 is 5.69 Å². The summed E-state index contributed by atoms with van der Waals surface area (Å²) in [4.78, 5) is 39.3. The number of terminal acetylenes is 1. The lowest BCUT2D eigenvalue weighted by Crippen LogP contribution is -2.34. The SMILES string of the molecule is C#CCCCCC#Cc1cn([C@H]2C[C@@H](OP(=O)([O-])OCC(C)C)[C@@H](COC(C)C)O2)c(=O)[nH]c1=O. The number of nitrogens with zero attached hydrogens (tertiary/aromatic N) is 1. The lowest BCUT2D eigenvalue weighted by atomic mass is 10.2. The number of rotatable bonds is 12. The van der Waals surface area contributed by atoms with Crippen molar-refractivity contribution in [3.05, 3.63) is 32.6 Å². The van der Waals surface area contributed by atoms with Gasteiger partial charge in [0, 0.05) is 25.5 Å². The van der Waals surface area contributed by atoms with Crippen LogP contribution in [0.4, 0.5) is 0 Å². The summed E-state index contributed by atoms with van der Waals surface area (Å²) in [7, 11) is -4.62. The van der Waals surface area contributed by atoms with Crippen LogP contribution in [-0.2, 0) is 23.1 Å². The molecule has 35 heavy (non-hydrogen) atoms. The van der Waals surface area contributed by atoms with E-state index >= 15 is 0 Å². The molecule has 4 atom stereocenters. The van der Waals surface area contributed by atoms with E-state index in [0.717, 1.165) is 12.8 Å². The quantitative estimate of drug-likeness (QED) is 0.258. The fraction of sp³-hybridized carbons (Fsp3) is 0.667. The molecule has 0 spiro atoms. The molecular weight excluding hydrogens is 475 g/mol. The van der Waals surface area contributed by atoms with E-state index in [0.29, 0.717) is 12.8 Å². The van der Waals surface area contributed by atoms with E-state index in [1.807, 2.05) is 27.7 Å². The van der Waals surface area contributed by atoms with Gasteiger partial charge in [-0.3, -0.25) is 18.9 Å². The molecule has 1 aliphatic rings. The predicted octanol–water partition coefficient (Wildman–Crippen LogP) is 2.32. The molecule has 1 aliphatic heterocycles. The Balaban J connectivity index is 2.22. The number of aromatic amines is 1. The largest absolute Gasteiger partial charge is 0.756 e. The fourth-order valence-corrected chi connectivity index (χ4v) is 4.34. The third-order valence-corrected chi connectivity index (χ3v) is 5.97. The summed E-state index contributed by atoms with van der Waals surface area (Å²) in [5.41, 5.74) is -1.22. The van der Waals surface area contributed by atoms with Crippen molar-refractivity contribution in [2.24, 2.45) is 5.92 Å². The van der Waals surface area contributed by atoms with Crippen LogP contribution < -0.4 is 16.1 Å². The molecule has 0 aromatic carbocycles. The highest BCUT2D eigenvalue weighted by Gasteiger charge is 2.40. The van der Waals surface area contributed by atoms with E-state index in [1.54, 1.807) is 0 Å². The van der Waals surface area contributed by atoms with Crippen molar-refractivity contribution in [3.63, 3.8) is 0 Å². The number of hydrogen-bond acceptors (Lipinski definition) is 8. The summed E-state index contributed by atoms with van der Waals surface area (Å²) in [6.45, 7) is 7.32. The lowest BCUT2D eigenvalue weighted by molar-refractivity contribution is -0.232. The summed E-state index contributed by atoms with van der Waals surface area (Å²) in [5, 5.41) is 0. The van der Waals surface area contributed by atoms with Gasteiger partial charge < -0.3 is 23.4 Å². The van der Waals surface area contributed by atoms with E-state index in [4.69, 9.17) is 24.9 Å². The molecule has 1 unspecified atom stereocenters. The molecule has 0 amide bonds. The highest BCUT2D eigenvalue weighted by molar-refractivity contribution is 7.45. The zero-order valence-corrected chi connectivity index (χ0v) is 21.5. The smallest absolute Gasteiger partial charge is 0.330 e. The fourth-order valence-electron chi connectivity index (χ4n) is 3.24. The first-order chi connectivity index (χ1) is 16.5. The average molecular weight is 510 g/mol. The Morgan fingerprint density at radius 1 is 1.29 bits per heavy atom. The highest BCUT2D eigenvalue weighted by atomic mass is 31.2. The first-order valence-corrected chi connectivity index (χ1v) is 13.2. The van der Waals surface area contributed by atoms with Crippen molar-refractivity contribution in [2.75, 3.05) is 13.2 Å².